The van der Waals surface area contributed by atoms with Crippen LogP contribution in [-0.4, -0.2) is 35.6 Å². The molecule has 2 aliphatic heterocycles. The van der Waals surface area contributed by atoms with Crippen LogP contribution < -0.4 is 4.90 Å². The Morgan fingerprint density at radius 2 is 1.96 bits per heavy atom. The number of hydrogen-bond donors (Lipinski definition) is 0. The van der Waals surface area contributed by atoms with Crippen LogP contribution in [0.4, 0.5) is 5.82 Å². The smallest absolute Gasteiger partial charge is 0.128 e. The molecule has 0 bridgehead atoms. The van der Waals surface area contributed by atoms with Gasteiger partial charge in [0.05, 0.1) is 5.02 Å². The van der Waals surface area contributed by atoms with Crippen molar-refractivity contribution in [2.45, 2.75) is 25.4 Å². The molecule has 126 valence electrons. The number of nitrogens with zero attached hydrogens (tertiary/aromatic N) is 3. The van der Waals surface area contributed by atoms with E-state index < -0.39 is 0 Å². The maximum atomic E-state index is 5.97. The second-order valence-electron chi connectivity index (χ2n) is 6.75. The van der Waals surface area contributed by atoms with Crippen LogP contribution in [0, 0.1) is 5.92 Å². The first-order valence-electron chi connectivity index (χ1n) is 8.54. The van der Waals surface area contributed by atoms with Gasteiger partial charge in [-0.05, 0) is 49.1 Å². The Morgan fingerprint density at radius 1 is 1.12 bits per heavy atom. The number of anilines is 1. The van der Waals surface area contributed by atoms with E-state index in [1.165, 1.54) is 29.4 Å². The number of aromatic nitrogens is 1. The lowest BCUT2D eigenvalue weighted by Crippen LogP contribution is -2.48. The average Bonchev–Trinajstić information content (AvgIpc) is 3.00. The van der Waals surface area contributed by atoms with Crippen LogP contribution in [0.1, 0.15) is 18.4 Å². The number of rotatable bonds is 3. The summed E-state index contributed by atoms with van der Waals surface area (Å²) in [6.45, 7) is 4.37. The van der Waals surface area contributed by atoms with Gasteiger partial charge in [0.1, 0.15) is 5.82 Å². The lowest BCUT2D eigenvalue weighted by atomic mass is 9.92. The van der Waals surface area contributed by atoms with E-state index in [1.54, 1.807) is 6.20 Å². The molecule has 2 aliphatic rings. The summed E-state index contributed by atoms with van der Waals surface area (Å²) in [7, 11) is 0. The van der Waals surface area contributed by atoms with Crippen molar-refractivity contribution in [2.24, 2.45) is 5.92 Å². The molecule has 0 N–H and O–H groups in total. The number of hydrogen-bond acceptors (Lipinski definition) is 3. The quantitative estimate of drug-likeness (QED) is 0.742. The molecule has 0 saturated carbocycles. The first kappa shape index (κ1) is 16.4. The molecular weight excluding hydrogens is 386 g/mol. The van der Waals surface area contributed by atoms with Crippen LogP contribution in [0.5, 0.6) is 0 Å². The summed E-state index contributed by atoms with van der Waals surface area (Å²) >= 11 is 9.66. The fourth-order valence-electron chi connectivity index (χ4n) is 4.03. The van der Waals surface area contributed by atoms with Crippen molar-refractivity contribution in [3.05, 3.63) is 57.7 Å². The largest absolute Gasteiger partial charge is 0.355 e. The summed E-state index contributed by atoms with van der Waals surface area (Å²) in [6, 6.07) is 13.1. The van der Waals surface area contributed by atoms with Gasteiger partial charge in [0, 0.05) is 36.3 Å². The highest BCUT2D eigenvalue weighted by molar-refractivity contribution is 9.10. The third kappa shape index (κ3) is 3.32. The third-order valence-electron chi connectivity index (χ3n) is 5.34. The Labute approximate surface area is 156 Å². The zero-order chi connectivity index (χ0) is 16.5. The first-order chi connectivity index (χ1) is 11.7. The number of benzene rings is 1. The monoisotopic (exact) mass is 405 g/mol. The van der Waals surface area contributed by atoms with Crippen molar-refractivity contribution in [2.75, 3.05) is 24.5 Å². The maximum absolute atomic E-state index is 5.97. The molecule has 0 aliphatic carbocycles. The Morgan fingerprint density at radius 3 is 2.75 bits per heavy atom. The summed E-state index contributed by atoms with van der Waals surface area (Å²) in [6.07, 6.45) is 4.31. The summed E-state index contributed by atoms with van der Waals surface area (Å²) in [4.78, 5) is 9.57. The predicted octanol–water partition coefficient (Wildman–Crippen LogP) is 4.60. The number of halogens is 2. The van der Waals surface area contributed by atoms with Gasteiger partial charge in [-0.3, -0.25) is 4.90 Å². The highest BCUT2D eigenvalue weighted by Crippen LogP contribution is 2.34. The van der Waals surface area contributed by atoms with E-state index in [0.29, 0.717) is 11.1 Å². The highest BCUT2D eigenvalue weighted by atomic mass is 79.9. The Bertz CT molecular complexity index is 706. The molecule has 2 unspecified atom stereocenters. The standard InChI is InChI=1S/C19H21BrClN3/c20-17-4-2-1-3-15(17)12-23-9-7-14-8-10-24(13-18(14)23)19-6-5-16(21)11-22-19/h1-6,11,14,18H,7-10,12-13H2. The van der Waals surface area contributed by atoms with Crippen LogP contribution in [0.25, 0.3) is 0 Å². The van der Waals surface area contributed by atoms with Gasteiger partial charge in [0.15, 0.2) is 0 Å². The van der Waals surface area contributed by atoms with E-state index in [9.17, 15) is 0 Å². The van der Waals surface area contributed by atoms with Gasteiger partial charge >= 0.3 is 0 Å². The van der Waals surface area contributed by atoms with Crippen molar-refractivity contribution in [1.29, 1.82) is 0 Å². The number of fused-ring (bicyclic) bond motifs is 1. The van der Waals surface area contributed by atoms with E-state index in [1.807, 2.05) is 12.1 Å². The zero-order valence-electron chi connectivity index (χ0n) is 13.5. The predicted molar refractivity (Wildman–Crippen MR) is 103 cm³/mol. The van der Waals surface area contributed by atoms with Crippen molar-refractivity contribution >= 4 is 33.3 Å². The topological polar surface area (TPSA) is 19.4 Å². The van der Waals surface area contributed by atoms with E-state index in [-0.39, 0.29) is 0 Å². The highest BCUT2D eigenvalue weighted by Gasteiger charge is 2.38. The molecular formula is C19H21BrClN3. The van der Waals surface area contributed by atoms with Crippen LogP contribution >= 0.6 is 27.5 Å². The lowest BCUT2D eigenvalue weighted by Gasteiger charge is -2.39. The summed E-state index contributed by atoms with van der Waals surface area (Å²) < 4.78 is 1.21. The van der Waals surface area contributed by atoms with Gasteiger partial charge in [0.2, 0.25) is 0 Å². The van der Waals surface area contributed by atoms with Gasteiger partial charge in [-0.2, -0.15) is 0 Å². The molecule has 5 heteroatoms. The number of likely N-dealkylation sites (tertiary alicyclic amines) is 1. The van der Waals surface area contributed by atoms with Gasteiger partial charge in [-0.15, -0.1) is 0 Å². The third-order valence-corrected chi connectivity index (χ3v) is 6.34. The van der Waals surface area contributed by atoms with Crippen LogP contribution in [0.3, 0.4) is 0 Å². The van der Waals surface area contributed by atoms with Gasteiger partial charge in [-0.25, -0.2) is 4.98 Å². The molecule has 3 nitrogen and oxygen atoms in total. The molecule has 0 amide bonds. The molecule has 24 heavy (non-hydrogen) atoms. The summed E-state index contributed by atoms with van der Waals surface area (Å²) in [5, 5.41) is 0.699. The van der Waals surface area contributed by atoms with Crippen molar-refractivity contribution in [3.8, 4) is 0 Å². The SMILES string of the molecule is Clc1ccc(N2CCC3CCN(Cc4ccccc4Br)C3C2)nc1. The van der Waals surface area contributed by atoms with E-state index in [4.69, 9.17) is 11.6 Å². The first-order valence-corrected chi connectivity index (χ1v) is 9.72. The minimum atomic E-state index is 0.614. The molecule has 3 heterocycles. The van der Waals surface area contributed by atoms with Gasteiger partial charge < -0.3 is 4.90 Å². The maximum Gasteiger partial charge on any atom is 0.128 e. The van der Waals surface area contributed by atoms with Gasteiger partial charge in [0.25, 0.3) is 0 Å². The molecule has 0 radical (unpaired) electrons. The fourth-order valence-corrected chi connectivity index (χ4v) is 4.55. The molecule has 2 atom stereocenters. The van der Waals surface area contributed by atoms with Crippen LogP contribution in [0.2, 0.25) is 5.02 Å². The van der Waals surface area contributed by atoms with Crippen molar-refractivity contribution in [3.63, 3.8) is 0 Å². The molecule has 2 fully saturated rings. The molecule has 0 spiro atoms. The van der Waals surface area contributed by atoms with E-state index >= 15 is 0 Å². The summed E-state index contributed by atoms with van der Waals surface area (Å²) in [5.74, 6) is 1.86. The average molecular weight is 407 g/mol. The Hall–Kier alpha value is -1.10. The molecule has 2 saturated heterocycles. The minimum absolute atomic E-state index is 0.614. The second-order valence-corrected chi connectivity index (χ2v) is 8.04. The van der Waals surface area contributed by atoms with Gasteiger partial charge in [-0.1, -0.05) is 45.7 Å². The second kappa shape index (κ2) is 7.03. The Balaban J connectivity index is 1.49. The normalized spacial score (nSPS) is 24.2. The molecule has 1 aromatic heterocycles. The number of pyridine rings is 1. The fraction of sp³-hybridized carbons (Fsp3) is 0.421. The van der Waals surface area contributed by atoms with E-state index in [2.05, 4.69) is 55.0 Å². The Kier molecular flexibility index (Phi) is 4.79. The van der Waals surface area contributed by atoms with Crippen LogP contribution in [0.15, 0.2) is 47.1 Å². The minimum Gasteiger partial charge on any atom is -0.355 e. The number of piperidine rings is 1. The lowest BCUT2D eigenvalue weighted by molar-refractivity contribution is 0.200. The van der Waals surface area contributed by atoms with Crippen molar-refractivity contribution in [1.82, 2.24) is 9.88 Å². The van der Waals surface area contributed by atoms with Crippen LogP contribution in [-0.2, 0) is 6.54 Å². The zero-order valence-corrected chi connectivity index (χ0v) is 15.9. The molecule has 1 aromatic carbocycles. The molecule has 2 aromatic rings. The van der Waals surface area contributed by atoms with E-state index in [0.717, 1.165) is 31.4 Å². The summed E-state index contributed by atoms with van der Waals surface area (Å²) in [5.41, 5.74) is 1.37. The molecule has 4 rings (SSSR count). The van der Waals surface area contributed by atoms with Crippen molar-refractivity contribution < 1.29 is 0 Å².